The van der Waals surface area contributed by atoms with E-state index in [9.17, 15) is 15.0 Å². The predicted octanol–water partition coefficient (Wildman–Crippen LogP) is 7.23. The van der Waals surface area contributed by atoms with Crippen molar-refractivity contribution in [2.45, 2.75) is 119 Å². The van der Waals surface area contributed by atoms with Crippen molar-refractivity contribution in [2.24, 2.45) is 50.7 Å². The molecule has 0 aliphatic heterocycles. The molecule has 0 heterocycles. The number of aliphatic carboxylic acids is 1. The lowest BCUT2D eigenvalue weighted by Crippen LogP contribution is -2.66. The lowest BCUT2D eigenvalue weighted by Gasteiger charge is -2.72. The second-order valence-electron chi connectivity index (χ2n) is 14.4. The summed E-state index contributed by atoms with van der Waals surface area (Å²) in [4.78, 5) is 12.8. The molecule has 0 aromatic rings. The van der Waals surface area contributed by atoms with Crippen LogP contribution in [0.15, 0.2) is 11.1 Å². The molecule has 0 amide bonds. The molecule has 2 N–H and O–H groups in total. The van der Waals surface area contributed by atoms with E-state index in [1.165, 1.54) is 30.4 Å². The Morgan fingerprint density at radius 2 is 1.52 bits per heavy atom. The normalized spacial score (nSPS) is 53.4. The fraction of sp³-hybridized carbons (Fsp3) is 0.900. The van der Waals surface area contributed by atoms with Gasteiger partial charge in [0.25, 0.3) is 0 Å². The summed E-state index contributed by atoms with van der Waals surface area (Å²) in [6, 6.07) is 0. The van der Waals surface area contributed by atoms with E-state index < -0.39 is 11.4 Å². The molecule has 3 heteroatoms. The number of hydrogen-bond donors (Lipinski definition) is 2. The van der Waals surface area contributed by atoms with Crippen molar-refractivity contribution in [1.82, 2.24) is 0 Å². The number of hydrogen-bond acceptors (Lipinski definition) is 2. The van der Waals surface area contributed by atoms with Crippen LogP contribution >= 0.6 is 0 Å². The molecule has 5 rings (SSSR count). The van der Waals surface area contributed by atoms with Crippen molar-refractivity contribution in [3.05, 3.63) is 11.1 Å². The highest BCUT2D eigenvalue weighted by atomic mass is 16.4. The van der Waals surface area contributed by atoms with E-state index >= 15 is 0 Å². The summed E-state index contributed by atoms with van der Waals surface area (Å²) >= 11 is 0. The average Bonchev–Trinajstić information content (AvgIpc) is 2.74. The zero-order valence-corrected chi connectivity index (χ0v) is 22.3. The largest absolute Gasteiger partial charge is 0.481 e. The van der Waals surface area contributed by atoms with Crippen LogP contribution in [0, 0.1) is 50.7 Å². The van der Waals surface area contributed by atoms with Gasteiger partial charge >= 0.3 is 5.97 Å². The summed E-state index contributed by atoms with van der Waals surface area (Å²) in [6.07, 6.45) is 10.4. The first-order chi connectivity index (χ1) is 15.3. The van der Waals surface area contributed by atoms with E-state index in [-0.39, 0.29) is 27.8 Å². The van der Waals surface area contributed by atoms with Crippen molar-refractivity contribution < 1.29 is 15.0 Å². The van der Waals surface area contributed by atoms with Crippen LogP contribution in [0.25, 0.3) is 0 Å². The summed E-state index contributed by atoms with van der Waals surface area (Å²) in [6.45, 7) is 16.9. The Hall–Kier alpha value is -0.830. The third kappa shape index (κ3) is 2.75. The summed E-state index contributed by atoms with van der Waals surface area (Å²) in [5.74, 6) is 1.60. The van der Waals surface area contributed by atoms with Crippen LogP contribution in [0.1, 0.15) is 113 Å². The van der Waals surface area contributed by atoms with Crippen molar-refractivity contribution >= 4 is 5.97 Å². The summed E-state index contributed by atoms with van der Waals surface area (Å²) in [7, 11) is 0. The van der Waals surface area contributed by atoms with Crippen molar-refractivity contribution in [2.75, 3.05) is 0 Å². The van der Waals surface area contributed by atoms with E-state index in [0.717, 1.165) is 44.9 Å². The molecular weight excluding hydrogens is 408 g/mol. The molecular formula is C30H48O3. The maximum Gasteiger partial charge on any atom is 0.313 e. The van der Waals surface area contributed by atoms with Gasteiger partial charge in [-0.3, -0.25) is 4.79 Å². The Morgan fingerprint density at radius 3 is 2.18 bits per heavy atom. The second kappa shape index (κ2) is 7.11. The number of carboxylic acid groups (broad SMARTS) is 1. The molecule has 33 heavy (non-hydrogen) atoms. The molecule has 0 aromatic heterocycles. The fourth-order valence-corrected chi connectivity index (χ4v) is 11.0. The second-order valence-corrected chi connectivity index (χ2v) is 14.4. The van der Waals surface area contributed by atoms with Crippen LogP contribution in [0.4, 0.5) is 0 Å². The monoisotopic (exact) mass is 456 g/mol. The average molecular weight is 457 g/mol. The number of carbonyl (C=O) groups is 1. The Bertz CT molecular complexity index is 887. The third-order valence-corrected chi connectivity index (χ3v) is 13.4. The molecule has 5 aliphatic carbocycles. The topological polar surface area (TPSA) is 57.5 Å². The molecule has 9 unspecified atom stereocenters. The van der Waals surface area contributed by atoms with E-state index in [1.54, 1.807) is 0 Å². The van der Waals surface area contributed by atoms with Gasteiger partial charge < -0.3 is 10.2 Å². The first-order valence-corrected chi connectivity index (χ1v) is 13.9. The fourth-order valence-electron chi connectivity index (χ4n) is 11.0. The lowest BCUT2D eigenvalue weighted by atomic mass is 9.32. The van der Waals surface area contributed by atoms with Crippen LogP contribution in [-0.4, -0.2) is 22.3 Å². The number of carboxylic acids is 1. The van der Waals surface area contributed by atoms with Gasteiger partial charge in [0.05, 0.1) is 11.5 Å². The molecule has 186 valence electrons. The number of fused-ring (bicyclic) bond motifs is 7. The van der Waals surface area contributed by atoms with Gasteiger partial charge in [-0.1, -0.05) is 52.7 Å². The van der Waals surface area contributed by atoms with Gasteiger partial charge in [0, 0.05) is 0 Å². The lowest BCUT2D eigenvalue weighted by molar-refractivity contribution is -0.229. The first-order valence-electron chi connectivity index (χ1n) is 13.9. The molecule has 0 bridgehead atoms. The minimum atomic E-state index is -0.609. The highest BCUT2D eigenvalue weighted by Crippen LogP contribution is 2.76. The molecule has 9 atom stereocenters. The predicted molar refractivity (Wildman–Crippen MR) is 133 cm³/mol. The van der Waals surface area contributed by atoms with Crippen LogP contribution in [0.5, 0.6) is 0 Å². The van der Waals surface area contributed by atoms with Crippen LogP contribution < -0.4 is 0 Å². The minimum Gasteiger partial charge on any atom is -0.481 e. The smallest absolute Gasteiger partial charge is 0.313 e. The van der Waals surface area contributed by atoms with Crippen molar-refractivity contribution in [1.29, 1.82) is 0 Å². The van der Waals surface area contributed by atoms with Gasteiger partial charge in [0.15, 0.2) is 0 Å². The summed E-state index contributed by atoms with van der Waals surface area (Å²) < 4.78 is 0. The Morgan fingerprint density at radius 1 is 0.818 bits per heavy atom. The third-order valence-electron chi connectivity index (χ3n) is 13.4. The molecule has 5 aliphatic rings. The minimum absolute atomic E-state index is 0.0188. The molecule has 0 aromatic carbocycles. The molecule has 4 fully saturated rings. The number of aliphatic hydroxyl groups excluding tert-OH is 1. The van der Waals surface area contributed by atoms with E-state index in [0.29, 0.717) is 23.7 Å². The van der Waals surface area contributed by atoms with Crippen molar-refractivity contribution in [3.8, 4) is 0 Å². The number of rotatable bonds is 1. The summed E-state index contributed by atoms with van der Waals surface area (Å²) in [5, 5.41) is 21.4. The van der Waals surface area contributed by atoms with Crippen molar-refractivity contribution in [3.63, 3.8) is 0 Å². The Labute approximate surface area is 201 Å². The molecule has 0 saturated heterocycles. The highest BCUT2D eigenvalue weighted by molar-refractivity contribution is 5.80. The summed E-state index contributed by atoms with van der Waals surface area (Å²) in [5.41, 5.74) is 2.80. The van der Waals surface area contributed by atoms with Gasteiger partial charge in [-0.05, 0) is 116 Å². The quantitative estimate of drug-likeness (QED) is 0.409. The highest BCUT2D eigenvalue weighted by Gasteiger charge is 2.69. The maximum atomic E-state index is 12.8. The van der Waals surface area contributed by atoms with Gasteiger partial charge in [-0.2, -0.15) is 0 Å². The van der Waals surface area contributed by atoms with Crippen LogP contribution in [0.3, 0.4) is 0 Å². The van der Waals surface area contributed by atoms with E-state index in [2.05, 4.69) is 48.5 Å². The molecule has 0 spiro atoms. The standard InChI is InChI=1S/C30H48O3/c1-18-10-15-30(25(32)33)17-16-28(6)20(24(30)19(18)2)8-9-22-27(5)13-12-23(31)26(3,4)21(27)11-14-29(22,28)7/h18,20-23,31H,8-17H2,1-7H3,(H,32,33). The maximum absolute atomic E-state index is 12.8. The van der Waals surface area contributed by atoms with Gasteiger partial charge in [0.1, 0.15) is 0 Å². The number of aliphatic hydroxyl groups is 1. The first kappa shape index (κ1) is 23.9. The molecule has 0 radical (unpaired) electrons. The molecule has 3 nitrogen and oxygen atoms in total. The van der Waals surface area contributed by atoms with Gasteiger partial charge in [-0.25, -0.2) is 0 Å². The SMILES string of the molecule is CC1=C2C3CCC4C5(C)CCC(O)C(C)(C)C5CCC4(C)C3(C)CCC2(C(=O)O)CCC1C. The Kier molecular flexibility index (Phi) is 5.15. The zero-order chi connectivity index (χ0) is 24.2. The van der Waals surface area contributed by atoms with Gasteiger partial charge in [-0.15, -0.1) is 0 Å². The van der Waals surface area contributed by atoms with E-state index in [4.69, 9.17) is 0 Å². The van der Waals surface area contributed by atoms with E-state index in [1.807, 2.05) is 0 Å². The van der Waals surface area contributed by atoms with Crippen LogP contribution in [-0.2, 0) is 4.79 Å². The Balaban J connectivity index is 1.60. The zero-order valence-electron chi connectivity index (χ0n) is 22.3. The van der Waals surface area contributed by atoms with Gasteiger partial charge in [0.2, 0.25) is 0 Å². The van der Waals surface area contributed by atoms with Crippen LogP contribution in [0.2, 0.25) is 0 Å². The molecule has 4 saturated carbocycles. The number of allylic oxidation sites excluding steroid dienone is 1.